The van der Waals surface area contributed by atoms with Gasteiger partial charge in [0, 0.05) is 26.2 Å². The Labute approximate surface area is 320 Å². The minimum atomic E-state index is -1.30. The molecule has 2 aliphatic rings. The summed E-state index contributed by atoms with van der Waals surface area (Å²) >= 11 is 23.9. The first-order valence-corrected chi connectivity index (χ1v) is 17.8. The molecule has 0 spiro atoms. The Morgan fingerprint density at radius 1 is 0.827 bits per heavy atom. The summed E-state index contributed by atoms with van der Waals surface area (Å²) in [4.78, 5) is 39.4. The van der Waals surface area contributed by atoms with Crippen LogP contribution in [0.1, 0.15) is 36.2 Å². The van der Waals surface area contributed by atoms with Gasteiger partial charge in [0.1, 0.15) is 11.2 Å². The molecular formula is C33H41Cl4N9O6. The van der Waals surface area contributed by atoms with Crippen LogP contribution in [0.25, 0.3) is 0 Å². The number of urea groups is 2. The van der Waals surface area contributed by atoms with Crippen molar-refractivity contribution in [2.24, 2.45) is 11.5 Å². The number of alkyl halides is 1. The molecule has 0 radical (unpaired) electrons. The van der Waals surface area contributed by atoms with E-state index in [0.717, 1.165) is 30.8 Å². The number of benzene rings is 2. The van der Waals surface area contributed by atoms with Gasteiger partial charge in [-0.2, -0.15) is 0 Å². The van der Waals surface area contributed by atoms with Crippen LogP contribution in [-0.4, -0.2) is 85.1 Å². The highest BCUT2D eigenvalue weighted by atomic mass is 35.5. The van der Waals surface area contributed by atoms with Gasteiger partial charge in [-0.15, -0.1) is 11.6 Å². The zero-order chi connectivity index (χ0) is 37.6. The maximum atomic E-state index is 12.3. The number of anilines is 3. The van der Waals surface area contributed by atoms with Gasteiger partial charge in [0.05, 0.1) is 70.3 Å². The number of nitrogens with two attached hydrogens (primary N) is 2. The largest absolute Gasteiger partial charge is 0.480 e. The molecule has 0 saturated carbocycles. The first-order valence-electron chi connectivity index (χ1n) is 16.3. The summed E-state index contributed by atoms with van der Waals surface area (Å²) in [6.07, 6.45) is 1.84. The Morgan fingerprint density at radius 2 is 1.38 bits per heavy atom. The highest BCUT2D eigenvalue weighted by Crippen LogP contribution is 2.29. The number of hydrogen-bond donors (Lipinski definition) is 9. The molecule has 282 valence electrons. The third kappa shape index (κ3) is 13.2. The second kappa shape index (κ2) is 20.7. The molecule has 4 amide bonds. The van der Waals surface area contributed by atoms with Crippen LogP contribution in [0.15, 0.2) is 54.7 Å². The smallest absolute Gasteiger partial charge is 0.323 e. The maximum absolute atomic E-state index is 12.3. The van der Waals surface area contributed by atoms with Crippen molar-refractivity contribution in [2.45, 2.75) is 42.6 Å². The van der Waals surface area contributed by atoms with Gasteiger partial charge in [0.15, 0.2) is 0 Å². The Morgan fingerprint density at radius 3 is 1.83 bits per heavy atom. The third-order valence-corrected chi connectivity index (χ3v) is 8.92. The number of carbonyl (C=O) groups excluding carboxylic acids is 2. The number of carbonyl (C=O) groups is 3. The van der Waals surface area contributed by atoms with Crippen LogP contribution in [0.3, 0.4) is 0 Å². The van der Waals surface area contributed by atoms with Gasteiger partial charge in [-0.05, 0) is 60.4 Å². The van der Waals surface area contributed by atoms with E-state index >= 15 is 0 Å². The van der Waals surface area contributed by atoms with Crippen molar-refractivity contribution in [3.8, 4) is 0 Å². The monoisotopic (exact) mass is 799 g/mol. The fourth-order valence-corrected chi connectivity index (χ4v) is 5.85. The van der Waals surface area contributed by atoms with Gasteiger partial charge in [-0.3, -0.25) is 4.79 Å². The number of halogens is 4. The van der Waals surface area contributed by atoms with E-state index in [1.165, 1.54) is 6.20 Å². The van der Waals surface area contributed by atoms with E-state index < -0.39 is 35.6 Å². The van der Waals surface area contributed by atoms with Crippen LogP contribution in [-0.2, 0) is 14.3 Å². The highest BCUT2D eigenvalue weighted by Gasteiger charge is 2.27. The molecular weight excluding hydrogens is 760 g/mol. The van der Waals surface area contributed by atoms with Gasteiger partial charge in [-0.1, -0.05) is 46.9 Å². The van der Waals surface area contributed by atoms with Crippen LogP contribution in [0.2, 0.25) is 15.2 Å². The fourth-order valence-electron chi connectivity index (χ4n) is 5.14. The number of ether oxygens (including phenoxy) is 2. The topological polar surface area (TPSA) is 227 Å². The van der Waals surface area contributed by atoms with E-state index in [9.17, 15) is 14.4 Å². The first kappa shape index (κ1) is 41.3. The summed E-state index contributed by atoms with van der Waals surface area (Å²) in [7, 11) is 0. The van der Waals surface area contributed by atoms with Crippen LogP contribution < -0.4 is 43.4 Å². The SMILES string of the molecule is NC(Cl)CCC(NC(=O)Nc1ccc(C2CNCCO2)cc1Cl)[C@H](N)C(=O)O.O=C(Nc1ccc(Cl)nc1)Nc1ccc(C2CNCCO2)cc1Cl. The van der Waals surface area contributed by atoms with Crippen molar-refractivity contribution in [1.82, 2.24) is 20.9 Å². The summed E-state index contributed by atoms with van der Waals surface area (Å²) in [5.74, 6) is -1.24. The molecule has 2 aliphatic heterocycles. The van der Waals surface area contributed by atoms with Gasteiger partial charge in [0.2, 0.25) is 0 Å². The molecule has 1 aromatic heterocycles. The summed E-state index contributed by atoms with van der Waals surface area (Å²) in [6, 6.07) is 10.7. The van der Waals surface area contributed by atoms with Crippen LogP contribution in [0.5, 0.6) is 0 Å². The lowest BCUT2D eigenvalue weighted by molar-refractivity contribution is -0.139. The van der Waals surface area contributed by atoms with Crippen molar-refractivity contribution in [2.75, 3.05) is 55.3 Å². The molecule has 11 N–H and O–H groups in total. The lowest BCUT2D eigenvalue weighted by Crippen LogP contribution is -2.53. The summed E-state index contributed by atoms with van der Waals surface area (Å²) in [6.45, 7) is 4.36. The van der Waals surface area contributed by atoms with E-state index in [4.69, 9.17) is 72.5 Å². The average Bonchev–Trinajstić information content (AvgIpc) is 3.13. The molecule has 3 aromatic rings. The quantitative estimate of drug-likeness (QED) is 0.0720. The van der Waals surface area contributed by atoms with Crippen molar-refractivity contribution >= 4 is 81.5 Å². The molecule has 0 aliphatic carbocycles. The number of rotatable bonds is 11. The van der Waals surface area contributed by atoms with E-state index in [-0.39, 0.29) is 18.6 Å². The Kier molecular flexibility index (Phi) is 16.4. The molecule has 5 rings (SSSR count). The van der Waals surface area contributed by atoms with Crippen molar-refractivity contribution in [3.05, 3.63) is 81.1 Å². The molecule has 15 nitrogen and oxygen atoms in total. The number of carboxylic acid groups (broad SMARTS) is 1. The highest BCUT2D eigenvalue weighted by molar-refractivity contribution is 6.34. The predicted molar refractivity (Wildman–Crippen MR) is 203 cm³/mol. The molecule has 2 saturated heterocycles. The second-order valence-electron chi connectivity index (χ2n) is 11.7. The van der Waals surface area contributed by atoms with E-state index in [0.29, 0.717) is 58.4 Å². The number of carboxylic acids is 1. The lowest BCUT2D eigenvalue weighted by Gasteiger charge is -2.25. The lowest BCUT2D eigenvalue weighted by atomic mass is 10.0. The van der Waals surface area contributed by atoms with Crippen molar-refractivity contribution in [1.29, 1.82) is 0 Å². The number of amides is 4. The van der Waals surface area contributed by atoms with Crippen molar-refractivity contribution < 1.29 is 29.0 Å². The zero-order valence-electron chi connectivity index (χ0n) is 27.8. The van der Waals surface area contributed by atoms with Gasteiger partial charge < -0.3 is 57.9 Å². The number of hydrogen-bond acceptors (Lipinski definition) is 10. The standard InChI is InChI=1S/C17H25Cl2N5O4.C16H16Cl2N4O2/c18-10-7-9(13-8-22-5-6-28-13)1-2-11(10)23-17(27)24-12(3-4-14(19)20)15(21)16(25)26;17-12-7-10(14-9-19-5-6-24-14)1-3-13(12)22-16(23)21-11-2-4-15(18)20-8-11/h1-2,7,12-15,22H,3-6,8,20-21H2,(H,25,26)(H2,23,24,27);1-4,7-8,14,19H,5-6,9H2,(H2,21,22,23)/t12?,13?,14?,15-;/m0./s1. The molecule has 52 heavy (non-hydrogen) atoms. The summed E-state index contributed by atoms with van der Waals surface area (Å²) in [5, 5.41) is 27.3. The number of aromatic nitrogens is 1. The fraction of sp³-hybridized carbons (Fsp3) is 0.394. The third-order valence-electron chi connectivity index (χ3n) is 7.86. The summed E-state index contributed by atoms with van der Waals surface area (Å²) < 4.78 is 11.4. The van der Waals surface area contributed by atoms with Crippen LogP contribution >= 0.6 is 46.4 Å². The molecule has 5 atom stereocenters. The molecule has 4 unspecified atom stereocenters. The Balaban J connectivity index is 0.000000235. The molecule has 2 aromatic carbocycles. The Hall–Kier alpha value is -3.48. The van der Waals surface area contributed by atoms with E-state index in [1.54, 1.807) is 36.4 Å². The molecule has 3 heterocycles. The van der Waals surface area contributed by atoms with Crippen LogP contribution in [0, 0.1) is 0 Å². The number of nitrogens with one attached hydrogen (secondary N) is 6. The van der Waals surface area contributed by atoms with Crippen molar-refractivity contribution in [3.63, 3.8) is 0 Å². The minimum Gasteiger partial charge on any atom is -0.480 e. The van der Waals surface area contributed by atoms with Gasteiger partial charge in [0.25, 0.3) is 0 Å². The molecule has 2 fully saturated rings. The number of pyridine rings is 1. The molecule has 0 bridgehead atoms. The predicted octanol–water partition coefficient (Wildman–Crippen LogP) is 4.90. The zero-order valence-corrected chi connectivity index (χ0v) is 30.9. The number of nitrogens with zero attached hydrogens (tertiary/aromatic N) is 1. The summed E-state index contributed by atoms with van der Waals surface area (Å²) in [5.41, 5.74) is 13.8. The maximum Gasteiger partial charge on any atom is 0.323 e. The first-order chi connectivity index (χ1) is 24.9. The number of morpholine rings is 2. The second-order valence-corrected chi connectivity index (χ2v) is 13.5. The Bertz CT molecular complexity index is 1640. The minimum absolute atomic E-state index is 0.0285. The molecule has 19 heteroatoms. The van der Waals surface area contributed by atoms with Gasteiger partial charge >= 0.3 is 18.0 Å². The van der Waals surface area contributed by atoms with Gasteiger partial charge in [-0.25, -0.2) is 14.6 Å². The average molecular weight is 802 g/mol. The normalized spacial score (nSPS) is 18.8. The van der Waals surface area contributed by atoms with E-state index in [1.807, 2.05) is 12.1 Å². The number of aliphatic carboxylic acids is 1. The van der Waals surface area contributed by atoms with Crippen LogP contribution in [0.4, 0.5) is 26.7 Å². The van der Waals surface area contributed by atoms with E-state index in [2.05, 4.69) is 36.9 Å².